The first-order valence-corrected chi connectivity index (χ1v) is 34.9. The predicted octanol–water partition coefficient (Wildman–Crippen LogP) is 24.4. The fraction of sp³-hybridized carbons (Fsp3) is 0.125. The van der Waals surface area contributed by atoms with Crippen LogP contribution < -0.4 is 26.2 Å². The number of hydrogen-bond acceptors (Lipinski definition) is 3. The summed E-state index contributed by atoms with van der Waals surface area (Å²) in [6.45, 7) is 19.3. The number of nitrogens with zero attached hydrogens (tertiary/aromatic N) is 4. The molecule has 0 radical (unpaired) electrons. The zero-order valence-electron chi connectivity index (χ0n) is 71.1. The third-order valence-corrected chi connectivity index (χ3v) is 21.0. The molecule has 0 unspecified atom stereocenters. The molecule has 0 bridgehead atoms. The molecule has 5 nitrogen and oxygen atoms in total. The molecule has 490 valence electrons. The van der Waals surface area contributed by atoms with Crippen molar-refractivity contribution in [2.45, 2.75) is 78.6 Å². The molecule has 5 heterocycles. The Hall–Kier alpha value is -11.9. The molecule has 2 aliphatic rings. The molecule has 0 atom stereocenters. The van der Waals surface area contributed by atoms with Crippen LogP contribution in [0.2, 0.25) is 0 Å². The van der Waals surface area contributed by atoms with E-state index in [2.05, 4.69) is 174 Å². The van der Waals surface area contributed by atoms with Crippen molar-refractivity contribution in [3.63, 3.8) is 0 Å². The van der Waals surface area contributed by atoms with Gasteiger partial charge in [0.25, 0.3) is 6.71 Å². The highest BCUT2D eigenvalue weighted by Crippen LogP contribution is 2.55. The van der Waals surface area contributed by atoms with Gasteiger partial charge in [-0.05, 0) is 180 Å². The Kier molecular flexibility index (Phi) is 10.9. The van der Waals surface area contributed by atoms with Gasteiger partial charge in [0.2, 0.25) is 0 Å². The van der Waals surface area contributed by atoms with Crippen LogP contribution in [0.5, 0.6) is 0 Å². The quantitative estimate of drug-likeness (QED) is 0.142. The van der Waals surface area contributed by atoms with Crippen LogP contribution in [0.3, 0.4) is 0 Å². The van der Waals surface area contributed by atoms with Crippen molar-refractivity contribution in [1.82, 2.24) is 9.13 Å². The van der Waals surface area contributed by atoms with Crippen molar-refractivity contribution in [3.8, 4) is 55.9 Å². The average Bonchev–Trinajstić information content (AvgIpc) is 1.64. The van der Waals surface area contributed by atoms with E-state index in [1.165, 1.54) is 11.1 Å². The molecule has 17 aromatic rings. The lowest BCUT2D eigenvalue weighted by atomic mass is 9.33. The fourth-order valence-electron chi connectivity index (χ4n) is 16.0. The molecule has 2 aliphatic heterocycles. The van der Waals surface area contributed by atoms with Crippen LogP contribution in [0.4, 0.5) is 34.1 Å². The van der Waals surface area contributed by atoms with Crippen LogP contribution in [0.15, 0.2) is 307 Å². The lowest BCUT2D eigenvalue weighted by Crippen LogP contribution is -2.61. The summed E-state index contributed by atoms with van der Waals surface area (Å²) < 4.78 is 135. The smallest absolute Gasteiger partial charge is 0.252 e. The van der Waals surface area contributed by atoms with Gasteiger partial charge in [-0.3, -0.25) is 0 Å². The minimum absolute atomic E-state index is 0.0182. The summed E-state index contributed by atoms with van der Waals surface area (Å²) in [5.41, 5.74) is 18.4. The molecule has 6 heteroatoms. The molecule has 14 aromatic carbocycles. The molecule has 0 N–H and O–H groups in total. The molecule has 0 spiro atoms. The van der Waals surface area contributed by atoms with E-state index in [1.807, 2.05) is 127 Å². The second kappa shape index (κ2) is 22.8. The van der Waals surface area contributed by atoms with Gasteiger partial charge < -0.3 is 23.4 Å². The van der Waals surface area contributed by atoms with Crippen LogP contribution in [-0.2, 0) is 16.2 Å². The van der Waals surface area contributed by atoms with Crippen molar-refractivity contribution < 1.29 is 22.2 Å². The molecule has 19 rings (SSSR count). The summed E-state index contributed by atoms with van der Waals surface area (Å²) >= 11 is 0. The Balaban J connectivity index is 1.06. The summed E-state index contributed by atoms with van der Waals surface area (Å²) in [5.74, 6) is 0. The third-order valence-electron chi connectivity index (χ3n) is 21.0. The van der Waals surface area contributed by atoms with E-state index < -0.39 is 90.7 Å². The molecule has 102 heavy (non-hydrogen) atoms. The Morgan fingerprint density at radius 2 is 0.804 bits per heavy atom. The number of benzene rings is 14. The zero-order valence-corrected chi connectivity index (χ0v) is 58.1. The summed E-state index contributed by atoms with van der Waals surface area (Å²) in [6.07, 6.45) is 0. The number of hydrogen-bond donors (Lipinski definition) is 0. The predicted molar refractivity (Wildman–Crippen MR) is 434 cm³/mol. The van der Waals surface area contributed by atoms with Crippen LogP contribution in [-0.4, -0.2) is 15.8 Å². The zero-order chi connectivity index (χ0) is 80.4. The van der Waals surface area contributed by atoms with E-state index in [0.29, 0.717) is 44.9 Å². The first kappa shape index (κ1) is 48.8. The molecule has 0 amide bonds. The van der Waals surface area contributed by atoms with Gasteiger partial charge in [0.1, 0.15) is 11.2 Å². The van der Waals surface area contributed by atoms with Crippen LogP contribution in [0.1, 0.15) is 96.8 Å². The van der Waals surface area contributed by atoms with E-state index in [-0.39, 0.29) is 43.9 Å². The number of aromatic nitrogens is 2. The summed E-state index contributed by atoms with van der Waals surface area (Å²) in [5, 5.41) is 3.46. The molecular formula is C96H77BN4O. The SMILES string of the molecule is [2H]c1c([2H])c([2H])c(-c2ccc3c(c2)N(c2cc(-c4ccccc4)cc4oc5ccccc5c24)c2cc(-n4c5c([2H])c([2H])c([2H])c([2H])c5c5c([2H])c([2H])c([2H])c([2H])c54)cc4c2B3c2ccc(-n3c5ccc(C(C)(C)C)cc5c5cc(C(C)(C)C)ccc53)cc2N4c2c(-c3ccccc3)cc(C(C)(C)C)cc2-c2ccccc2)c([2H])c1[2H]. The maximum absolute atomic E-state index is 10.2. The fourth-order valence-corrected chi connectivity index (χ4v) is 16.0. The second-order valence-electron chi connectivity index (χ2n) is 30.3. The lowest BCUT2D eigenvalue weighted by Gasteiger charge is -2.45. The second-order valence-corrected chi connectivity index (χ2v) is 30.3. The summed E-state index contributed by atoms with van der Waals surface area (Å²) in [4.78, 5) is 4.53. The monoisotopic (exact) mass is 1330 g/mol. The Bertz CT molecular complexity index is 6850. The van der Waals surface area contributed by atoms with Gasteiger partial charge in [-0.25, -0.2) is 0 Å². The first-order chi connectivity index (χ1) is 54.9. The highest BCUT2D eigenvalue weighted by atomic mass is 16.3. The lowest BCUT2D eigenvalue weighted by molar-refractivity contribution is 0.590. The first-order valence-electron chi connectivity index (χ1n) is 41.4. The van der Waals surface area contributed by atoms with Gasteiger partial charge >= 0.3 is 0 Å². The van der Waals surface area contributed by atoms with Crippen LogP contribution in [0.25, 0.3) is 121 Å². The van der Waals surface area contributed by atoms with Gasteiger partial charge in [-0.1, -0.05) is 268 Å². The third kappa shape index (κ3) is 9.67. The number of rotatable bonds is 8. The Labute approximate surface area is 615 Å². The van der Waals surface area contributed by atoms with Crippen molar-refractivity contribution in [3.05, 3.63) is 320 Å². The van der Waals surface area contributed by atoms with Crippen molar-refractivity contribution in [1.29, 1.82) is 0 Å². The average molecular weight is 1330 g/mol. The van der Waals surface area contributed by atoms with E-state index in [4.69, 9.17) is 8.53 Å². The number of para-hydroxylation sites is 3. The minimum atomic E-state index is -0.739. The van der Waals surface area contributed by atoms with Gasteiger partial charge in [-0.15, -0.1) is 0 Å². The maximum atomic E-state index is 10.2. The van der Waals surface area contributed by atoms with Gasteiger partial charge in [0, 0.05) is 66.5 Å². The number of anilines is 6. The molecular weight excluding hydrogens is 1240 g/mol. The number of furan rings is 1. The number of fused-ring (bicyclic) bond motifs is 13. The van der Waals surface area contributed by atoms with Gasteiger partial charge in [-0.2, -0.15) is 0 Å². The standard InChI is InChI=1S/C96H77BN4O/c1-94(2,3)66-43-48-82-76(53-66)77-54-67(95(4,5)6)44-49-83(77)98(82)69-45-47-79-85(57-69)101(93-74(62-32-18-12-19-33-62)55-68(96(7,8)9)56-75(93)63-34-20-13-21-35-63)88-59-70(99-80-39-25-22-36-71(80)72-37-23-26-40-81(72)99)58-87-92(88)97(79)78-46-42-64(60-28-14-10-15-29-60)50-84(78)100(87)86-51-65(61-30-16-11-17-31-61)52-90-91(86)73-38-24-27-41-89(73)102-90/h10-59H,1-9H3/i10D,14D,15D,22D,23D,25D,26D,28D,29D,36D,37D,39D,40D. The molecule has 0 aliphatic carbocycles. The van der Waals surface area contributed by atoms with Crippen LogP contribution in [0, 0.1) is 0 Å². The van der Waals surface area contributed by atoms with E-state index in [0.717, 1.165) is 99.6 Å². The topological polar surface area (TPSA) is 29.5 Å². The molecule has 0 saturated carbocycles. The van der Waals surface area contributed by atoms with Gasteiger partial charge in [0.15, 0.2) is 0 Å². The normalized spacial score (nSPS) is 14.9. The molecule has 3 aromatic heterocycles. The Morgan fingerprint density at radius 1 is 0.314 bits per heavy atom. The highest BCUT2D eigenvalue weighted by molar-refractivity contribution is 7.00. The van der Waals surface area contributed by atoms with E-state index >= 15 is 0 Å². The largest absolute Gasteiger partial charge is 0.456 e. The Morgan fingerprint density at radius 3 is 1.39 bits per heavy atom. The van der Waals surface area contributed by atoms with E-state index in [9.17, 15) is 13.7 Å². The van der Waals surface area contributed by atoms with Crippen molar-refractivity contribution in [2.24, 2.45) is 0 Å². The summed E-state index contributed by atoms with van der Waals surface area (Å²) in [6, 6.07) is 70.9. The van der Waals surface area contributed by atoms with Crippen molar-refractivity contribution >= 4 is 123 Å². The van der Waals surface area contributed by atoms with E-state index in [1.54, 1.807) is 4.57 Å². The van der Waals surface area contributed by atoms with Gasteiger partial charge in [0.05, 0.1) is 62.3 Å². The maximum Gasteiger partial charge on any atom is 0.252 e. The summed E-state index contributed by atoms with van der Waals surface area (Å²) in [7, 11) is 0. The molecule has 0 saturated heterocycles. The van der Waals surface area contributed by atoms with Crippen molar-refractivity contribution in [2.75, 3.05) is 9.80 Å². The molecule has 0 fully saturated rings. The highest BCUT2D eigenvalue weighted by Gasteiger charge is 2.46. The minimum Gasteiger partial charge on any atom is -0.456 e. The van der Waals surface area contributed by atoms with Crippen LogP contribution >= 0.6 is 0 Å².